The Hall–Kier alpha value is -3.66. The average Bonchev–Trinajstić information content (AvgIpc) is 2.99. The second-order valence-corrected chi connectivity index (χ2v) is 9.54. The van der Waals surface area contributed by atoms with Gasteiger partial charge in [-0.25, -0.2) is 22.9 Å². The Bertz CT molecular complexity index is 1270. The topological polar surface area (TPSA) is 136 Å². The number of rotatable bonds is 6. The van der Waals surface area contributed by atoms with E-state index in [1.807, 2.05) is 34.9 Å². The van der Waals surface area contributed by atoms with Gasteiger partial charge in [-0.05, 0) is 37.0 Å². The smallest absolute Gasteiger partial charge is 0.312 e. The molecule has 172 valence electrons. The summed E-state index contributed by atoms with van der Waals surface area (Å²) in [4.78, 5) is 28.4. The number of imidazole rings is 1. The van der Waals surface area contributed by atoms with Crippen LogP contribution in [0.2, 0.25) is 0 Å². The van der Waals surface area contributed by atoms with E-state index in [0.717, 1.165) is 37.1 Å². The molecular formula is C23H25N5O4S. The highest BCUT2D eigenvalue weighted by Gasteiger charge is 2.27. The monoisotopic (exact) mass is 467 g/mol. The lowest BCUT2D eigenvalue weighted by Gasteiger charge is -2.09. The molecular weight excluding hydrogens is 442 g/mol. The Morgan fingerprint density at radius 2 is 1.73 bits per heavy atom. The van der Waals surface area contributed by atoms with Crippen molar-refractivity contribution in [1.82, 2.24) is 19.6 Å². The molecule has 1 aromatic heterocycles. The van der Waals surface area contributed by atoms with Crippen LogP contribution in [0.1, 0.15) is 41.0 Å². The van der Waals surface area contributed by atoms with Crippen molar-refractivity contribution in [1.29, 1.82) is 0 Å². The first-order valence-corrected chi connectivity index (χ1v) is 12.2. The summed E-state index contributed by atoms with van der Waals surface area (Å²) in [5.41, 5.74) is 7.49. The first-order valence-electron chi connectivity index (χ1n) is 10.7. The molecule has 3 aromatic rings. The van der Waals surface area contributed by atoms with Gasteiger partial charge in [0.05, 0.1) is 10.6 Å². The van der Waals surface area contributed by atoms with Gasteiger partial charge in [-0.2, -0.15) is 0 Å². The number of aromatic nitrogens is 2. The molecule has 0 spiro atoms. The van der Waals surface area contributed by atoms with Crippen LogP contribution in [0.3, 0.4) is 0 Å². The number of urea groups is 1. The molecule has 0 aliphatic carbocycles. The highest BCUT2D eigenvalue weighted by molar-refractivity contribution is 7.90. The molecule has 2 heterocycles. The summed E-state index contributed by atoms with van der Waals surface area (Å²) in [6.45, 7) is 0.901. The van der Waals surface area contributed by atoms with Gasteiger partial charge < -0.3 is 15.6 Å². The van der Waals surface area contributed by atoms with Crippen LogP contribution in [-0.4, -0.2) is 29.9 Å². The normalized spacial score (nSPS) is 13.6. The van der Waals surface area contributed by atoms with Crippen LogP contribution in [0, 0.1) is 0 Å². The van der Waals surface area contributed by atoms with Crippen LogP contribution in [0.25, 0.3) is 11.4 Å². The summed E-state index contributed by atoms with van der Waals surface area (Å²) in [6, 6.07) is 14.7. The van der Waals surface area contributed by atoms with E-state index in [-0.39, 0.29) is 17.1 Å². The van der Waals surface area contributed by atoms with Crippen molar-refractivity contribution in [3.63, 3.8) is 0 Å². The van der Waals surface area contributed by atoms with E-state index in [1.165, 1.54) is 12.1 Å². The van der Waals surface area contributed by atoms with Crippen molar-refractivity contribution in [2.24, 2.45) is 5.73 Å². The molecule has 0 fully saturated rings. The molecule has 0 radical (unpaired) electrons. The fraction of sp³-hybridized carbons (Fsp3) is 0.261. The van der Waals surface area contributed by atoms with Gasteiger partial charge in [0.25, 0.3) is 15.9 Å². The number of carbonyl (C=O) groups excluding carboxylic acids is 2. The molecule has 0 saturated carbocycles. The van der Waals surface area contributed by atoms with E-state index < -0.39 is 22.0 Å². The summed E-state index contributed by atoms with van der Waals surface area (Å²) >= 11 is 0. The summed E-state index contributed by atoms with van der Waals surface area (Å²) in [7, 11) is -4.11. The second kappa shape index (κ2) is 9.45. The summed E-state index contributed by atoms with van der Waals surface area (Å²) in [5, 5.41) is 2.43. The maximum absolute atomic E-state index is 13.1. The van der Waals surface area contributed by atoms with E-state index in [2.05, 4.69) is 15.0 Å². The Kier molecular flexibility index (Phi) is 6.45. The van der Waals surface area contributed by atoms with Gasteiger partial charge in [-0.1, -0.05) is 48.9 Å². The molecule has 9 nitrogen and oxygen atoms in total. The van der Waals surface area contributed by atoms with Gasteiger partial charge >= 0.3 is 6.03 Å². The number of sulfonamides is 1. The fourth-order valence-electron chi connectivity index (χ4n) is 3.91. The summed E-state index contributed by atoms with van der Waals surface area (Å²) in [6.07, 6.45) is 3.57. The van der Waals surface area contributed by atoms with E-state index in [4.69, 9.17) is 5.73 Å². The third kappa shape index (κ3) is 5.06. The van der Waals surface area contributed by atoms with Crippen molar-refractivity contribution < 1.29 is 18.0 Å². The van der Waals surface area contributed by atoms with Gasteiger partial charge in [0, 0.05) is 18.7 Å². The maximum atomic E-state index is 13.1. The van der Waals surface area contributed by atoms with E-state index in [9.17, 15) is 18.0 Å². The van der Waals surface area contributed by atoms with E-state index >= 15 is 0 Å². The predicted octanol–water partition coefficient (Wildman–Crippen LogP) is 2.56. The number of hydrogen-bond donors (Lipinski definition) is 3. The molecule has 10 heteroatoms. The third-order valence-electron chi connectivity index (χ3n) is 5.54. The highest BCUT2D eigenvalue weighted by Crippen LogP contribution is 2.27. The second-order valence-electron chi connectivity index (χ2n) is 7.86. The first-order chi connectivity index (χ1) is 15.8. The van der Waals surface area contributed by atoms with Gasteiger partial charge in [-0.3, -0.25) is 4.79 Å². The van der Waals surface area contributed by atoms with Crippen LogP contribution >= 0.6 is 0 Å². The Labute approximate surface area is 192 Å². The van der Waals surface area contributed by atoms with Crippen molar-refractivity contribution in [2.45, 2.75) is 43.7 Å². The number of amides is 3. The van der Waals surface area contributed by atoms with Crippen molar-refractivity contribution in [2.75, 3.05) is 0 Å². The van der Waals surface area contributed by atoms with Crippen molar-refractivity contribution in [3.05, 3.63) is 71.5 Å². The Balaban J connectivity index is 1.60. The van der Waals surface area contributed by atoms with Crippen LogP contribution in [0.4, 0.5) is 4.79 Å². The average molecular weight is 468 g/mol. The molecule has 3 amide bonds. The molecule has 4 N–H and O–H groups in total. The molecule has 0 atom stereocenters. The molecule has 0 unspecified atom stereocenters. The number of primary amides is 1. The highest BCUT2D eigenvalue weighted by atomic mass is 32.2. The SMILES string of the molecule is NC(=O)NCc1ccc(S(=O)(=O)NC(=O)c2nc(-c3ccccc3)n3c2CCCCC3)cc1. The largest absolute Gasteiger partial charge is 0.352 e. The number of nitrogens with one attached hydrogen (secondary N) is 2. The quantitative estimate of drug-likeness (QED) is 0.512. The molecule has 1 aliphatic rings. The predicted molar refractivity (Wildman–Crippen MR) is 123 cm³/mol. The minimum Gasteiger partial charge on any atom is -0.352 e. The lowest BCUT2D eigenvalue weighted by atomic mass is 10.1. The van der Waals surface area contributed by atoms with E-state index in [1.54, 1.807) is 12.1 Å². The van der Waals surface area contributed by atoms with Gasteiger partial charge in [0.15, 0.2) is 5.69 Å². The molecule has 33 heavy (non-hydrogen) atoms. The number of nitrogens with two attached hydrogens (primary N) is 1. The third-order valence-corrected chi connectivity index (χ3v) is 6.89. The van der Waals surface area contributed by atoms with Gasteiger partial charge in [0.1, 0.15) is 5.82 Å². The van der Waals surface area contributed by atoms with Gasteiger partial charge in [0.2, 0.25) is 0 Å². The minimum atomic E-state index is -4.11. The first kappa shape index (κ1) is 22.5. The van der Waals surface area contributed by atoms with Crippen molar-refractivity contribution in [3.8, 4) is 11.4 Å². The maximum Gasteiger partial charge on any atom is 0.312 e. The molecule has 1 aliphatic heterocycles. The van der Waals surface area contributed by atoms with E-state index in [0.29, 0.717) is 17.8 Å². The number of carbonyl (C=O) groups is 2. The molecule has 0 saturated heterocycles. The Morgan fingerprint density at radius 1 is 1.00 bits per heavy atom. The number of hydrogen-bond acceptors (Lipinski definition) is 5. The molecule has 4 rings (SSSR count). The number of nitrogens with zero attached hydrogens (tertiary/aromatic N) is 2. The lowest BCUT2D eigenvalue weighted by molar-refractivity contribution is 0.0976. The summed E-state index contributed by atoms with van der Waals surface area (Å²) < 4.78 is 29.9. The lowest BCUT2D eigenvalue weighted by Crippen LogP contribution is -2.31. The Morgan fingerprint density at radius 3 is 2.42 bits per heavy atom. The zero-order chi connectivity index (χ0) is 23.4. The summed E-state index contributed by atoms with van der Waals surface area (Å²) in [5.74, 6) is -0.0799. The minimum absolute atomic E-state index is 0.0627. The molecule has 0 bridgehead atoms. The zero-order valence-corrected chi connectivity index (χ0v) is 18.8. The van der Waals surface area contributed by atoms with Crippen LogP contribution in [0.5, 0.6) is 0 Å². The zero-order valence-electron chi connectivity index (χ0n) is 18.0. The fourth-order valence-corrected chi connectivity index (χ4v) is 4.87. The standard InChI is InChI=1S/C23H25N5O4S/c24-23(30)25-15-16-10-12-18(13-11-16)33(31,32)27-22(29)20-19-9-5-2-6-14-28(19)21(26-20)17-7-3-1-4-8-17/h1,3-4,7-8,10-13H,2,5-6,9,14-15H2,(H,27,29)(H3,24,25,30). The van der Waals surface area contributed by atoms with Crippen LogP contribution in [0.15, 0.2) is 59.5 Å². The van der Waals surface area contributed by atoms with Crippen molar-refractivity contribution >= 4 is 22.0 Å². The molecule has 2 aromatic carbocycles. The van der Waals surface area contributed by atoms with Crippen LogP contribution < -0.4 is 15.8 Å². The number of fused-ring (bicyclic) bond motifs is 1. The van der Waals surface area contributed by atoms with Crippen LogP contribution in [-0.2, 0) is 29.5 Å². The number of benzene rings is 2. The van der Waals surface area contributed by atoms with Gasteiger partial charge in [-0.15, -0.1) is 0 Å².